The zero-order valence-electron chi connectivity index (χ0n) is 13.9. The predicted octanol–water partition coefficient (Wildman–Crippen LogP) is 2.98. The van der Waals surface area contributed by atoms with Crippen LogP contribution in [0.2, 0.25) is 0 Å². The van der Waals surface area contributed by atoms with Gasteiger partial charge in [0.25, 0.3) is 0 Å². The molecule has 2 unspecified atom stereocenters. The summed E-state index contributed by atoms with van der Waals surface area (Å²) in [6, 6.07) is 10.5. The number of aromatic nitrogens is 1. The number of carbonyl (C=O) groups is 1. The average Bonchev–Trinajstić information content (AvgIpc) is 2.96. The summed E-state index contributed by atoms with van der Waals surface area (Å²) in [4.78, 5) is 21.1. The first-order valence-electron chi connectivity index (χ1n) is 8.52. The lowest BCUT2D eigenvalue weighted by Crippen LogP contribution is -2.51. The third kappa shape index (κ3) is 2.87. The molecule has 2 fully saturated rings. The van der Waals surface area contributed by atoms with Crippen molar-refractivity contribution in [2.24, 2.45) is 0 Å². The van der Waals surface area contributed by atoms with Crippen molar-refractivity contribution in [1.82, 2.24) is 14.8 Å². The summed E-state index contributed by atoms with van der Waals surface area (Å²) in [6.07, 6.45) is 4.69. The number of nitrogens with one attached hydrogen (secondary N) is 1. The number of hydrogen-bond acceptors (Lipinski definition) is 3. The highest BCUT2D eigenvalue weighted by Gasteiger charge is 2.35. The highest BCUT2D eigenvalue weighted by molar-refractivity contribution is 5.90. The monoisotopic (exact) mass is 322 g/mol. The fourth-order valence-electron chi connectivity index (χ4n) is 3.76. The second-order valence-corrected chi connectivity index (χ2v) is 6.63. The number of fused-ring (bicyclic) bond motifs is 2. The van der Waals surface area contributed by atoms with E-state index in [1.165, 1.54) is 5.56 Å². The molecule has 1 aromatic carbocycles. The first-order valence-corrected chi connectivity index (χ1v) is 8.52. The van der Waals surface area contributed by atoms with Crippen molar-refractivity contribution in [3.8, 4) is 11.1 Å². The molecule has 2 aromatic rings. The van der Waals surface area contributed by atoms with Crippen LogP contribution < -0.4 is 5.32 Å². The van der Waals surface area contributed by atoms with E-state index >= 15 is 0 Å². The molecule has 2 amide bonds. The van der Waals surface area contributed by atoms with E-state index in [9.17, 15) is 4.79 Å². The number of piperazine rings is 1. The Morgan fingerprint density at radius 1 is 1.17 bits per heavy atom. The van der Waals surface area contributed by atoms with Gasteiger partial charge < -0.3 is 10.2 Å². The predicted molar refractivity (Wildman–Crippen MR) is 95.0 cm³/mol. The number of benzene rings is 1. The summed E-state index contributed by atoms with van der Waals surface area (Å²) >= 11 is 0. The maximum atomic E-state index is 12.6. The van der Waals surface area contributed by atoms with Crippen LogP contribution in [-0.4, -0.2) is 53.0 Å². The molecular formula is C19H22N4O. The fraction of sp³-hybridized carbons (Fsp3) is 0.368. The Bertz CT molecular complexity index is 746. The van der Waals surface area contributed by atoms with E-state index in [1.807, 2.05) is 29.2 Å². The molecule has 24 heavy (non-hydrogen) atoms. The van der Waals surface area contributed by atoms with Gasteiger partial charge in [0.2, 0.25) is 0 Å². The van der Waals surface area contributed by atoms with Crippen LogP contribution in [-0.2, 0) is 0 Å². The second-order valence-electron chi connectivity index (χ2n) is 6.63. The van der Waals surface area contributed by atoms with Gasteiger partial charge in [-0.2, -0.15) is 0 Å². The molecule has 3 heterocycles. The Hall–Kier alpha value is -2.40. The summed E-state index contributed by atoms with van der Waals surface area (Å²) in [7, 11) is 0. The number of urea groups is 1. The summed E-state index contributed by atoms with van der Waals surface area (Å²) in [5.74, 6) is 0. The van der Waals surface area contributed by atoms with Crippen molar-refractivity contribution in [2.75, 3.05) is 31.5 Å². The minimum atomic E-state index is 0.0256. The van der Waals surface area contributed by atoms with Gasteiger partial charge in [-0.25, -0.2) is 4.79 Å². The first-order chi connectivity index (χ1) is 11.7. The van der Waals surface area contributed by atoms with E-state index in [-0.39, 0.29) is 6.03 Å². The van der Waals surface area contributed by atoms with Gasteiger partial charge in [-0.15, -0.1) is 0 Å². The van der Waals surface area contributed by atoms with Crippen molar-refractivity contribution in [3.63, 3.8) is 0 Å². The van der Waals surface area contributed by atoms with E-state index in [0.29, 0.717) is 6.04 Å². The van der Waals surface area contributed by atoms with Crippen LogP contribution in [0.3, 0.4) is 0 Å². The molecule has 124 valence electrons. The van der Waals surface area contributed by atoms with Crippen molar-refractivity contribution in [3.05, 3.63) is 48.3 Å². The molecule has 5 heteroatoms. The molecule has 4 rings (SSSR count). The van der Waals surface area contributed by atoms with Crippen LogP contribution in [0.15, 0.2) is 42.7 Å². The molecule has 0 saturated carbocycles. The molecule has 2 aliphatic heterocycles. The summed E-state index contributed by atoms with van der Waals surface area (Å²) in [5, 5.41) is 3.07. The first kappa shape index (κ1) is 15.1. The van der Waals surface area contributed by atoms with Gasteiger partial charge in [-0.1, -0.05) is 6.07 Å². The van der Waals surface area contributed by atoms with Crippen molar-refractivity contribution >= 4 is 11.7 Å². The normalized spacial score (nSPS) is 22.5. The highest BCUT2D eigenvalue weighted by atomic mass is 16.2. The third-order valence-electron chi connectivity index (χ3n) is 5.08. The quantitative estimate of drug-likeness (QED) is 0.925. The van der Waals surface area contributed by atoms with E-state index in [0.717, 1.165) is 49.4 Å². The van der Waals surface area contributed by atoms with Gasteiger partial charge in [0.1, 0.15) is 0 Å². The largest absolute Gasteiger partial charge is 0.322 e. The SMILES string of the molecule is Cc1cc(NC(=O)N2CCN3CCC2C3)ccc1-c1ccncc1. The lowest BCUT2D eigenvalue weighted by molar-refractivity contribution is 0.153. The van der Waals surface area contributed by atoms with Crippen molar-refractivity contribution < 1.29 is 4.79 Å². The Balaban J connectivity index is 1.49. The molecule has 2 aliphatic rings. The Labute approximate surface area is 142 Å². The van der Waals surface area contributed by atoms with Gasteiger partial charge in [0.15, 0.2) is 0 Å². The van der Waals surface area contributed by atoms with Crippen LogP contribution >= 0.6 is 0 Å². The van der Waals surface area contributed by atoms with E-state index in [2.05, 4.69) is 28.2 Å². The average molecular weight is 322 g/mol. The van der Waals surface area contributed by atoms with Crippen LogP contribution in [0.5, 0.6) is 0 Å². The van der Waals surface area contributed by atoms with Crippen LogP contribution in [0.4, 0.5) is 10.5 Å². The highest BCUT2D eigenvalue weighted by Crippen LogP contribution is 2.26. The molecule has 2 atom stereocenters. The second kappa shape index (κ2) is 6.24. The molecule has 1 N–H and O–H groups in total. The molecule has 0 radical (unpaired) electrons. The topological polar surface area (TPSA) is 48.5 Å². The molecule has 0 spiro atoms. The minimum absolute atomic E-state index is 0.0256. The lowest BCUT2D eigenvalue weighted by Gasteiger charge is -2.34. The van der Waals surface area contributed by atoms with E-state index < -0.39 is 0 Å². The number of nitrogens with zero attached hydrogens (tertiary/aromatic N) is 3. The van der Waals surface area contributed by atoms with Gasteiger partial charge in [-0.3, -0.25) is 9.88 Å². The minimum Gasteiger partial charge on any atom is -0.319 e. The number of anilines is 1. The zero-order chi connectivity index (χ0) is 16.5. The molecule has 0 aliphatic carbocycles. The summed E-state index contributed by atoms with van der Waals surface area (Å²) in [5.41, 5.74) is 4.31. The molecule has 5 nitrogen and oxygen atoms in total. The van der Waals surface area contributed by atoms with E-state index in [4.69, 9.17) is 0 Å². The van der Waals surface area contributed by atoms with Gasteiger partial charge in [-0.05, 0) is 54.3 Å². The van der Waals surface area contributed by atoms with Crippen molar-refractivity contribution in [2.45, 2.75) is 19.4 Å². The third-order valence-corrected chi connectivity index (χ3v) is 5.08. The van der Waals surface area contributed by atoms with Crippen LogP contribution in [0, 0.1) is 6.92 Å². The molecule has 2 saturated heterocycles. The number of aryl methyl sites for hydroxylation is 1. The number of hydrogen-bond donors (Lipinski definition) is 1. The smallest absolute Gasteiger partial charge is 0.319 e. The fourth-order valence-corrected chi connectivity index (χ4v) is 3.76. The standard InChI is InChI=1S/C19H22N4O/c1-14-12-16(2-3-18(14)15-4-7-20-8-5-15)21-19(24)23-11-10-22-9-6-17(23)13-22/h2-5,7-8,12,17H,6,9-11,13H2,1H3,(H,21,24). The summed E-state index contributed by atoms with van der Waals surface area (Å²) in [6.45, 7) is 6.03. The maximum absolute atomic E-state index is 12.6. The van der Waals surface area contributed by atoms with Crippen LogP contribution in [0.1, 0.15) is 12.0 Å². The van der Waals surface area contributed by atoms with Crippen LogP contribution in [0.25, 0.3) is 11.1 Å². The number of carbonyl (C=O) groups excluding carboxylic acids is 1. The maximum Gasteiger partial charge on any atom is 0.322 e. The van der Waals surface area contributed by atoms with Gasteiger partial charge >= 0.3 is 6.03 Å². The number of amides is 2. The number of rotatable bonds is 2. The van der Waals surface area contributed by atoms with Gasteiger partial charge in [0.05, 0.1) is 0 Å². The molecular weight excluding hydrogens is 300 g/mol. The Morgan fingerprint density at radius 3 is 2.79 bits per heavy atom. The van der Waals surface area contributed by atoms with Crippen molar-refractivity contribution in [1.29, 1.82) is 0 Å². The van der Waals surface area contributed by atoms with E-state index in [1.54, 1.807) is 12.4 Å². The molecule has 2 bridgehead atoms. The molecule has 1 aromatic heterocycles. The summed E-state index contributed by atoms with van der Waals surface area (Å²) < 4.78 is 0. The Morgan fingerprint density at radius 2 is 2.00 bits per heavy atom. The van der Waals surface area contributed by atoms with Gasteiger partial charge in [0, 0.05) is 50.3 Å². The zero-order valence-corrected chi connectivity index (χ0v) is 13.9. The lowest BCUT2D eigenvalue weighted by atomic mass is 10.0. The number of pyridine rings is 1. The Kier molecular flexibility index (Phi) is 3.94.